The topological polar surface area (TPSA) is 108 Å². The van der Waals surface area contributed by atoms with Crippen LogP contribution in [0.4, 0.5) is 5.69 Å². The number of carbonyl (C=O) groups is 2. The molecule has 1 unspecified atom stereocenters. The van der Waals surface area contributed by atoms with Crippen molar-refractivity contribution in [2.45, 2.75) is 50.4 Å². The molecular formula is C32H36N2O5. The Labute approximate surface area is 229 Å². The van der Waals surface area contributed by atoms with Crippen LogP contribution in [0, 0.1) is 0 Å². The van der Waals surface area contributed by atoms with Gasteiger partial charge in [-0.2, -0.15) is 0 Å². The minimum Gasteiger partial charge on any atom is -0.394 e. The molecule has 39 heavy (non-hydrogen) atoms. The van der Waals surface area contributed by atoms with Gasteiger partial charge in [0.05, 0.1) is 18.8 Å². The predicted molar refractivity (Wildman–Crippen MR) is 153 cm³/mol. The average molecular weight is 529 g/mol. The van der Waals surface area contributed by atoms with Crippen molar-refractivity contribution < 1.29 is 24.5 Å². The first kappa shape index (κ1) is 28.2. The van der Waals surface area contributed by atoms with Gasteiger partial charge in [-0.25, -0.2) is 0 Å². The van der Waals surface area contributed by atoms with Gasteiger partial charge >= 0.3 is 0 Å². The Morgan fingerprint density at radius 1 is 0.872 bits per heavy atom. The Balaban J connectivity index is 1.10. The minimum atomic E-state index is -0.652. The predicted octanol–water partition coefficient (Wildman–Crippen LogP) is 4.51. The molecule has 7 heteroatoms. The molecule has 1 aliphatic heterocycles. The molecular weight excluding hydrogens is 492 g/mol. The highest BCUT2D eigenvalue weighted by Crippen LogP contribution is 2.32. The van der Waals surface area contributed by atoms with Crippen molar-refractivity contribution in [1.82, 2.24) is 5.32 Å². The zero-order valence-corrected chi connectivity index (χ0v) is 22.0. The van der Waals surface area contributed by atoms with Crippen LogP contribution in [-0.4, -0.2) is 47.4 Å². The van der Waals surface area contributed by atoms with E-state index in [1.54, 1.807) is 0 Å². The van der Waals surface area contributed by atoms with Crippen molar-refractivity contribution >= 4 is 29.7 Å². The lowest BCUT2D eigenvalue weighted by atomic mass is 10.0. The Morgan fingerprint density at radius 3 is 2.21 bits per heavy atom. The molecule has 3 atom stereocenters. The summed E-state index contributed by atoms with van der Waals surface area (Å²) >= 11 is 0. The second-order valence-corrected chi connectivity index (χ2v) is 9.76. The van der Waals surface area contributed by atoms with E-state index < -0.39 is 12.2 Å². The van der Waals surface area contributed by atoms with Gasteiger partial charge in [-0.3, -0.25) is 9.59 Å². The maximum atomic E-state index is 12.3. The molecule has 204 valence electrons. The van der Waals surface area contributed by atoms with Gasteiger partial charge in [0.2, 0.25) is 11.8 Å². The van der Waals surface area contributed by atoms with Crippen molar-refractivity contribution in [3.05, 3.63) is 101 Å². The number of benzene rings is 3. The molecule has 0 aliphatic carbocycles. The smallest absolute Gasteiger partial charge is 0.224 e. The molecule has 1 fully saturated rings. The fourth-order valence-electron chi connectivity index (χ4n) is 4.51. The quantitative estimate of drug-likeness (QED) is 0.259. The number of nitrogens with one attached hydrogen (secondary N) is 2. The van der Waals surface area contributed by atoms with Gasteiger partial charge in [0.25, 0.3) is 0 Å². The summed E-state index contributed by atoms with van der Waals surface area (Å²) in [6, 6.07) is 25.6. The van der Waals surface area contributed by atoms with Gasteiger partial charge in [-0.15, -0.1) is 0 Å². The fourth-order valence-corrected chi connectivity index (χ4v) is 4.51. The molecule has 3 aromatic rings. The van der Waals surface area contributed by atoms with Crippen LogP contribution in [0.1, 0.15) is 54.0 Å². The van der Waals surface area contributed by atoms with Gasteiger partial charge < -0.3 is 25.6 Å². The third-order valence-corrected chi connectivity index (χ3v) is 6.76. The first-order valence-electron chi connectivity index (χ1n) is 13.4. The highest BCUT2D eigenvalue weighted by molar-refractivity contribution is 5.91. The lowest BCUT2D eigenvalue weighted by Gasteiger charge is -2.13. The zero-order chi connectivity index (χ0) is 27.5. The number of rotatable bonds is 12. The van der Waals surface area contributed by atoms with Crippen molar-refractivity contribution in [2.24, 2.45) is 0 Å². The van der Waals surface area contributed by atoms with E-state index in [-0.39, 0.29) is 30.9 Å². The summed E-state index contributed by atoms with van der Waals surface area (Å²) in [5, 5.41) is 24.9. The molecule has 1 heterocycles. The maximum absolute atomic E-state index is 12.3. The van der Waals surface area contributed by atoms with Crippen LogP contribution in [0.2, 0.25) is 0 Å². The standard InChI is InChI=1S/C32H36N2O5/c35-22-30-28(36)21-29(39-30)26-15-11-25(12-16-26)19-20-33-31(37)7-4-8-32(38)34-27-17-13-24(14-18-27)10-9-23-5-2-1-3-6-23/h1-3,5-6,9-18,28-30,35-36H,4,7-8,19-22H2,(H,33,37)(H,34,38)/t28-,29?,30+/m0/s1. The van der Waals surface area contributed by atoms with E-state index in [1.807, 2.05) is 91.0 Å². The number of ether oxygens (including phenoxy) is 1. The first-order chi connectivity index (χ1) is 19.0. The molecule has 4 N–H and O–H groups in total. The number of amides is 2. The first-order valence-corrected chi connectivity index (χ1v) is 13.4. The lowest BCUT2D eigenvalue weighted by molar-refractivity contribution is -0.121. The Bertz CT molecular complexity index is 1230. The van der Waals surface area contributed by atoms with Crippen molar-refractivity contribution in [2.75, 3.05) is 18.5 Å². The van der Waals surface area contributed by atoms with Crippen LogP contribution in [0.15, 0.2) is 78.9 Å². The molecule has 4 rings (SSSR count). The number of carbonyl (C=O) groups excluding carboxylic acids is 2. The normalized spacial score (nSPS) is 18.8. The summed E-state index contributed by atoms with van der Waals surface area (Å²) < 4.78 is 5.69. The van der Waals surface area contributed by atoms with Crippen molar-refractivity contribution in [1.29, 1.82) is 0 Å². The molecule has 2 amide bonds. The Hall–Kier alpha value is -3.78. The number of anilines is 1. The second kappa shape index (κ2) is 14.4. The van der Waals surface area contributed by atoms with E-state index in [0.717, 1.165) is 27.9 Å². The van der Waals surface area contributed by atoms with Gasteiger partial charge in [-0.1, -0.05) is 78.9 Å². The van der Waals surface area contributed by atoms with Gasteiger partial charge in [0.15, 0.2) is 0 Å². The molecule has 7 nitrogen and oxygen atoms in total. The molecule has 1 saturated heterocycles. The van der Waals surface area contributed by atoms with Crippen LogP contribution in [0.25, 0.3) is 12.2 Å². The van der Waals surface area contributed by atoms with E-state index in [2.05, 4.69) is 10.6 Å². The molecule has 0 bridgehead atoms. The summed E-state index contributed by atoms with van der Waals surface area (Å²) in [6.07, 6.45) is 4.88. The van der Waals surface area contributed by atoms with Gasteiger partial charge in [-0.05, 0) is 47.2 Å². The fraction of sp³-hybridized carbons (Fsp3) is 0.312. The Kier molecular flexibility index (Phi) is 10.4. The summed E-state index contributed by atoms with van der Waals surface area (Å²) in [7, 11) is 0. The number of aliphatic hydroxyl groups is 2. The summed E-state index contributed by atoms with van der Waals surface area (Å²) in [5.41, 5.74) is 4.95. The van der Waals surface area contributed by atoms with E-state index >= 15 is 0 Å². The zero-order valence-electron chi connectivity index (χ0n) is 22.0. The van der Waals surface area contributed by atoms with E-state index in [0.29, 0.717) is 32.2 Å². The third-order valence-electron chi connectivity index (χ3n) is 6.76. The molecule has 3 aromatic carbocycles. The lowest BCUT2D eigenvalue weighted by Crippen LogP contribution is -2.25. The average Bonchev–Trinajstić information content (AvgIpc) is 3.34. The molecule has 0 saturated carbocycles. The Morgan fingerprint density at radius 2 is 1.54 bits per heavy atom. The van der Waals surface area contributed by atoms with Crippen molar-refractivity contribution in [3.8, 4) is 0 Å². The highest BCUT2D eigenvalue weighted by Gasteiger charge is 2.34. The SMILES string of the molecule is O=C(CCCC(=O)Nc1ccc(C=Cc2ccccc2)cc1)NCCc1ccc(C2C[C@H](O)[C@@H](CO)O2)cc1. The number of hydrogen-bond acceptors (Lipinski definition) is 5. The van der Waals surface area contributed by atoms with Gasteiger partial charge in [0, 0.05) is 31.5 Å². The minimum absolute atomic E-state index is 0.0719. The summed E-state index contributed by atoms with van der Waals surface area (Å²) in [5.74, 6) is -0.183. The summed E-state index contributed by atoms with van der Waals surface area (Å²) in [6.45, 7) is 0.322. The molecule has 0 spiro atoms. The van der Waals surface area contributed by atoms with Crippen LogP contribution in [0.5, 0.6) is 0 Å². The molecule has 0 aromatic heterocycles. The monoisotopic (exact) mass is 528 g/mol. The largest absolute Gasteiger partial charge is 0.394 e. The molecule has 0 radical (unpaired) electrons. The van der Waals surface area contributed by atoms with Crippen LogP contribution < -0.4 is 10.6 Å². The number of hydrogen-bond donors (Lipinski definition) is 4. The third kappa shape index (κ3) is 8.89. The summed E-state index contributed by atoms with van der Waals surface area (Å²) in [4.78, 5) is 24.5. The van der Waals surface area contributed by atoms with E-state index in [1.165, 1.54) is 0 Å². The van der Waals surface area contributed by atoms with Crippen LogP contribution >= 0.6 is 0 Å². The van der Waals surface area contributed by atoms with Gasteiger partial charge in [0.1, 0.15) is 6.10 Å². The van der Waals surface area contributed by atoms with Crippen LogP contribution in [-0.2, 0) is 20.7 Å². The van der Waals surface area contributed by atoms with E-state index in [4.69, 9.17) is 4.74 Å². The van der Waals surface area contributed by atoms with Crippen molar-refractivity contribution in [3.63, 3.8) is 0 Å². The maximum Gasteiger partial charge on any atom is 0.224 e. The van der Waals surface area contributed by atoms with Crippen LogP contribution in [0.3, 0.4) is 0 Å². The number of aliphatic hydroxyl groups excluding tert-OH is 2. The second-order valence-electron chi connectivity index (χ2n) is 9.76. The highest BCUT2D eigenvalue weighted by atomic mass is 16.5. The molecule has 1 aliphatic rings. The van der Waals surface area contributed by atoms with E-state index in [9.17, 15) is 19.8 Å².